The maximum atomic E-state index is 12.5. The molecule has 0 aliphatic carbocycles. The van der Waals surface area contributed by atoms with E-state index in [1.807, 2.05) is 0 Å². The highest BCUT2D eigenvalue weighted by Gasteiger charge is 2.12. The lowest BCUT2D eigenvalue weighted by atomic mass is 10.2. The smallest absolute Gasteiger partial charge is 0.266 e. The van der Waals surface area contributed by atoms with Crippen LogP contribution in [-0.4, -0.2) is 0 Å². The monoisotopic (exact) mass is 197 g/mol. The van der Waals surface area contributed by atoms with E-state index in [1.54, 1.807) is 0 Å². The Morgan fingerprint density at radius 2 is 1.83 bits per heavy atom. The standard InChI is InChI=1S/C7H6F3N.ClH/c8-6-3-4(11)1-2-5(6)7(9)10;/h1-3,7H,11H2;1H. The van der Waals surface area contributed by atoms with Crippen LogP contribution in [-0.2, 0) is 0 Å². The van der Waals surface area contributed by atoms with Crippen LogP contribution in [0.25, 0.3) is 0 Å². The summed E-state index contributed by atoms with van der Waals surface area (Å²) >= 11 is 0. The zero-order chi connectivity index (χ0) is 8.43. The molecule has 1 aromatic rings. The van der Waals surface area contributed by atoms with E-state index in [0.717, 1.165) is 12.1 Å². The van der Waals surface area contributed by atoms with Gasteiger partial charge in [0.2, 0.25) is 0 Å². The van der Waals surface area contributed by atoms with Crippen LogP contribution in [0.1, 0.15) is 12.0 Å². The summed E-state index contributed by atoms with van der Waals surface area (Å²) in [7, 11) is 0. The molecule has 0 saturated heterocycles. The van der Waals surface area contributed by atoms with E-state index in [9.17, 15) is 13.2 Å². The highest BCUT2D eigenvalue weighted by molar-refractivity contribution is 5.85. The van der Waals surface area contributed by atoms with Gasteiger partial charge in [-0.1, -0.05) is 0 Å². The minimum absolute atomic E-state index is 0. The van der Waals surface area contributed by atoms with Crippen molar-refractivity contribution in [1.82, 2.24) is 0 Å². The summed E-state index contributed by atoms with van der Waals surface area (Å²) in [5.74, 6) is -0.958. The van der Waals surface area contributed by atoms with Crippen molar-refractivity contribution in [2.45, 2.75) is 6.43 Å². The van der Waals surface area contributed by atoms with Crippen molar-refractivity contribution in [3.63, 3.8) is 0 Å². The molecule has 1 rings (SSSR count). The molecule has 2 N–H and O–H groups in total. The van der Waals surface area contributed by atoms with Crippen molar-refractivity contribution in [3.8, 4) is 0 Å². The summed E-state index contributed by atoms with van der Waals surface area (Å²) in [6.45, 7) is 0. The summed E-state index contributed by atoms with van der Waals surface area (Å²) in [6.07, 6.45) is -2.78. The first-order chi connectivity index (χ1) is 5.11. The lowest BCUT2D eigenvalue weighted by Gasteiger charge is -2.01. The number of halogens is 4. The third-order valence-corrected chi connectivity index (χ3v) is 1.26. The number of nitrogen functional groups attached to an aromatic ring is 1. The molecule has 0 aromatic heterocycles. The van der Waals surface area contributed by atoms with Gasteiger partial charge in [0.25, 0.3) is 6.43 Å². The molecule has 0 bridgehead atoms. The van der Waals surface area contributed by atoms with Crippen molar-refractivity contribution >= 4 is 18.1 Å². The van der Waals surface area contributed by atoms with E-state index < -0.39 is 17.8 Å². The van der Waals surface area contributed by atoms with Crippen LogP contribution in [0.15, 0.2) is 18.2 Å². The number of alkyl halides is 2. The molecule has 0 unspecified atom stereocenters. The van der Waals surface area contributed by atoms with Gasteiger partial charge in [-0.15, -0.1) is 12.4 Å². The number of hydrogen-bond donors (Lipinski definition) is 1. The van der Waals surface area contributed by atoms with Crippen LogP contribution >= 0.6 is 12.4 Å². The maximum absolute atomic E-state index is 12.5. The van der Waals surface area contributed by atoms with Crippen molar-refractivity contribution in [1.29, 1.82) is 0 Å². The lowest BCUT2D eigenvalue weighted by molar-refractivity contribution is 0.146. The second kappa shape index (κ2) is 4.21. The summed E-state index contributed by atoms with van der Waals surface area (Å²) in [5, 5.41) is 0. The molecule has 0 atom stereocenters. The van der Waals surface area contributed by atoms with Crippen LogP contribution in [0.3, 0.4) is 0 Å². The first kappa shape index (κ1) is 11.1. The first-order valence-corrected chi connectivity index (χ1v) is 2.94. The van der Waals surface area contributed by atoms with Crippen molar-refractivity contribution in [3.05, 3.63) is 29.6 Å². The molecule has 0 spiro atoms. The molecule has 12 heavy (non-hydrogen) atoms. The Morgan fingerprint density at radius 1 is 1.25 bits per heavy atom. The van der Waals surface area contributed by atoms with Gasteiger partial charge in [0.05, 0.1) is 5.56 Å². The third-order valence-electron chi connectivity index (χ3n) is 1.26. The molecule has 68 valence electrons. The minimum atomic E-state index is -2.78. The highest BCUT2D eigenvalue weighted by atomic mass is 35.5. The zero-order valence-electron chi connectivity index (χ0n) is 5.93. The molecule has 0 fully saturated rings. The fourth-order valence-electron chi connectivity index (χ4n) is 0.720. The van der Waals surface area contributed by atoms with E-state index in [0.29, 0.717) is 0 Å². The molecular weight excluding hydrogens is 191 g/mol. The molecule has 0 heterocycles. The molecular formula is C7H7ClF3N. The normalized spacial score (nSPS) is 9.67. The molecule has 5 heteroatoms. The molecule has 1 nitrogen and oxygen atoms in total. The van der Waals surface area contributed by atoms with Crippen LogP contribution < -0.4 is 5.73 Å². The Kier molecular flexibility index (Phi) is 3.89. The molecule has 0 aliphatic heterocycles. The number of benzene rings is 1. The topological polar surface area (TPSA) is 26.0 Å². The number of rotatable bonds is 1. The fraction of sp³-hybridized carbons (Fsp3) is 0.143. The van der Waals surface area contributed by atoms with Gasteiger partial charge in [-0.25, -0.2) is 13.2 Å². The summed E-state index contributed by atoms with van der Waals surface area (Å²) in [4.78, 5) is 0. The van der Waals surface area contributed by atoms with Crippen LogP contribution in [0.2, 0.25) is 0 Å². The summed E-state index contributed by atoms with van der Waals surface area (Å²) in [6, 6.07) is 3.10. The zero-order valence-corrected chi connectivity index (χ0v) is 6.75. The van der Waals surface area contributed by atoms with E-state index in [2.05, 4.69) is 0 Å². The Labute approximate surface area is 73.8 Å². The minimum Gasteiger partial charge on any atom is -0.399 e. The lowest BCUT2D eigenvalue weighted by Crippen LogP contribution is -1.92. The van der Waals surface area contributed by atoms with Gasteiger partial charge in [0.15, 0.2) is 0 Å². The van der Waals surface area contributed by atoms with E-state index in [4.69, 9.17) is 5.73 Å². The van der Waals surface area contributed by atoms with Crippen LogP contribution in [0, 0.1) is 5.82 Å². The first-order valence-electron chi connectivity index (χ1n) is 2.94. The Bertz CT molecular complexity index is 265. The van der Waals surface area contributed by atoms with Crippen molar-refractivity contribution in [2.24, 2.45) is 0 Å². The average molecular weight is 198 g/mol. The van der Waals surface area contributed by atoms with Gasteiger partial charge in [-0.2, -0.15) is 0 Å². The molecule has 0 radical (unpaired) electrons. The van der Waals surface area contributed by atoms with Gasteiger partial charge in [0, 0.05) is 5.69 Å². The third kappa shape index (κ3) is 2.30. The summed E-state index contributed by atoms with van der Waals surface area (Å²) in [5.41, 5.74) is 4.68. The molecule has 1 aromatic carbocycles. The number of anilines is 1. The van der Waals surface area contributed by atoms with E-state index >= 15 is 0 Å². The van der Waals surface area contributed by atoms with E-state index in [1.165, 1.54) is 6.07 Å². The number of hydrogen-bond acceptors (Lipinski definition) is 1. The van der Waals surface area contributed by atoms with E-state index in [-0.39, 0.29) is 18.1 Å². The largest absolute Gasteiger partial charge is 0.399 e. The Hall–Kier alpha value is -0.900. The average Bonchev–Trinajstić information content (AvgIpc) is 1.85. The number of nitrogens with two attached hydrogens (primary N) is 1. The second-order valence-electron chi connectivity index (χ2n) is 2.08. The highest BCUT2D eigenvalue weighted by Crippen LogP contribution is 2.22. The van der Waals surface area contributed by atoms with Gasteiger partial charge >= 0.3 is 0 Å². The Morgan fingerprint density at radius 3 is 2.25 bits per heavy atom. The SMILES string of the molecule is Cl.Nc1ccc(C(F)F)c(F)c1. The predicted molar refractivity (Wildman–Crippen MR) is 43.0 cm³/mol. The molecule has 0 amide bonds. The van der Waals surface area contributed by atoms with Gasteiger partial charge in [0.1, 0.15) is 5.82 Å². The van der Waals surface area contributed by atoms with Gasteiger partial charge in [-0.3, -0.25) is 0 Å². The molecule has 0 aliphatic rings. The van der Waals surface area contributed by atoms with Crippen LogP contribution in [0.4, 0.5) is 18.9 Å². The Balaban J connectivity index is 0.00000121. The quantitative estimate of drug-likeness (QED) is 0.689. The van der Waals surface area contributed by atoms with Crippen molar-refractivity contribution < 1.29 is 13.2 Å². The summed E-state index contributed by atoms with van der Waals surface area (Å²) < 4.78 is 36.3. The predicted octanol–water partition coefficient (Wildman–Crippen LogP) is 2.77. The van der Waals surface area contributed by atoms with Gasteiger partial charge < -0.3 is 5.73 Å². The van der Waals surface area contributed by atoms with Crippen LogP contribution in [0.5, 0.6) is 0 Å². The van der Waals surface area contributed by atoms with Crippen molar-refractivity contribution in [2.75, 3.05) is 5.73 Å². The maximum Gasteiger partial charge on any atom is 0.266 e. The molecule has 0 saturated carbocycles. The fourth-order valence-corrected chi connectivity index (χ4v) is 0.720. The van der Waals surface area contributed by atoms with Gasteiger partial charge in [-0.05, 0) is 18.2 Å². The second-order valence-corrected chi connectivity index (χ2v) is 2.08.